The van der Waals surface area contributed by atoms with E-state index in [0.29, 0.717) is 0 Å². The molecule has 0 atom stereocenters. The molecule has 0 unspecified atom stereocenters. The van der Waals surface area contributed by atoms with E-state index in [-0.39, 0.29) is 6.54 Å². The van der Waals surface area contributed by atoms with Gasteiger partial charge in [-0.3, -0.25) is 5.21 Å². The van der Waals surface area contributed by atoms with Crippen molar-refractivity contribution >= 4 is 0 Å². The van der Waals surface area contributed by atoms with Crippen LogP contribution in [0.25, 0.3) is 0 Å². The third-order valence-corrected chi connectivity index (χ3v) is 0.280. The number of nitrogens with zero attached hydrogens (tertiary/aromatic N) is 1. The molecule has 0 aliphatic rings. The van der Waals surface area contributed by atoms with Crippen LogP contribution >= 0.6 is 0 Å². The van der Waals surface area contributed by atoms with Crippen LogP contribution in [-0.2, 0) is 0 Å². The topological polar surface area (TPSA) is 23.5 Å². The Hall–Kier alpha value is -0.410. The molecule has 0 heterocycles. The summed E-state index contributed by atoms with van der Waals surface area (Å²) in [4.78, 5) is 0. The molecule has 36 valence electrons. The zero-order valence-electron chi connectivity index (χ0n) is 3.26. The zero-order chi connectivity index (χ0) is 4.99. The van der Waals surface area contributed by atoms with Crippen LogP contribution in [0.15, 0.2) is 12.7 Å². The lowest BCUT2D eigenvalue weighted by molar-refractivity contribution is -0.228. The Morgan fingerprint density at radius 3 is 2.50 bits per heavy atom. The van der Waals surface area contributed by atoms with E-state index in [1.165, 1.54) is 6.08 Å². The molecule has 0 saturated carbocycles. The second-order valence-electron chi connectivity index (χ2n) is 0.808. The first-order valence-electron chi connectivity index (χ1n) is 1.50. The van der Waals surface area contributed by atoms with Crippen molar-refractivity contribution in [2.45, 2.75) is 0 Å². The van der Waals surface area contributed by atoms with E-state index in [0.717, 1.165) is 0 Å². The van der Waals surface area contributed by atoms with Crippen LogP contribution in [0.2, 0.25) is 0 Å². The highest BCUT2D eigenvalue weighted by Gasteiger charge is 1.84. The number of halogens is 1. The minimum absolute atomic E-state index is 0.139. The van der Waals surface area contributed by atoms with Crippen molar-refractivity contribution in [3.8, 4) is 0 Å². The van der Waals surface area contributed by atoms with Gasteiger partial charge in [0.15, 0.2) is 0 Å². The predicted molar refractivity (Wildman–Crippen MR) is 19.8 cm³/mol. The molecule has 0 radical (unpaired) electrons. The molecule has 0 amide bonds. The first-order chi connectivity index (χ1) is 2.77. The highest BCUT2D eigenvalue weighted by atomic mass is 19.2. The lowest BCUT2D eigenvalue weighted by Gasteiger charge is -1.92. The molecule has 0 bridgehead atoms. The number of hydrogen-bond donors (Lipinski definition) is 1. The quantitative estimate of drug-likeness (QED) is 0.308. The Kier molecular flexibility index (Phi) is 2.62. The van der Waals surface area contributed by atoms with E-state index in [2.05, 4.69) is 6.58 Å². The number of hydrogen-bond acceptors (Lipinski definition) is 2. The van der Waals surface area contributed by atoms with Gasteiger partial charge in [0.05, 0.1) is 6.54 Å². The van der Waals surface area contributed by atoms with Gasteiger partial charge in [0.2, 0.25) is 0 Å². The summed E-state index contributed by atoms with van der Waals surface area (Å²) in [6, 6.07) is 0. The van der Waals surface area contributed by atoms with Gasteiger partial charge in [0, 0.05) is 0 Å². The predicted octanol–water partition coefficient (Wildman–Crippen LogP) is 0.748. The van der Waals surface area contributed by atoms with Gasteiger partial charge in [-0.1, -0.05) is 6.08 Å². The van der Waals surface area contributed by atoms with Crippen molar-refractivity contribution in [1.82, 2.24) is 5.29 Å². The molecule has 0 saturated heterocycles. The van der Waals surface area contributed by atoms with E-state index < -0.39 is 5.29 Å². The fraction of sp³-hybridized carbons (Fsp3) is 0.333. The minimum atomic E-state index is -0.438. The Morgan fingerprint density at radius 2 is 2.50 bits per heavy atom. The highest BCUT2D eigenvalue weighted by Crippen LogP contribution is 1.76. The van der Waals surface area contributed by atoms with Crippen LogP contribution in [0.5, 0.6) is 0 Å². The Balaban J connectivity index is 2.81. The molecular weight excluding hydrogens is 85.0 g/mol. The Bertz CT molecular complexity index is 46.1. The van der Waals surface area contributed by atoms with E-state index in [9.17, 15) is 4.48 Å². The van der Waals surface area contributed by atoms with Crippen LogP contribution in [0.1, 0.15) is 0 Å². The molecule has 0 aromatic rings. The number of hydroxylamine groups is 1. The van der Waals surface area contributed by atoms with Crippen molar-refractivity contribution in [1.29, 1.82) is 0 Å². The molecule has 0 spiro atoms. The highest BCUT2D eigenvalue weighted by molar-refractivity contribution is 4.65. The summed E-state index contributed by atoms with van der Waals surface area (Å²) in [5.41, 5.74) is 0. The fourth-order valence-electron chi connectivity index (χ4n) is 0.107. The second kappa shape index (κ2) is 2.81. The third kappa shape index (κ3) is 3.59. The third-order valence-electron chi connectivity index (χ3n) is 0.280. The summed E-state index contributed by atoms with van der Waals surface area (Å²) in [7, 11) is 0. The summed E-state index contributed by atoms with van der Waals surface area (Å²) in [5, 5.41) is 7.21. The molecule has 2 nitrogen and oxygen atoms in total. The molecule has 3 heteroatoms. The van der Waals surface area contributed by atoms with Crippen molar-refractivity contribution in [2.24, 2.45) is 0 Å². The molecule has 6 heavy (non-hydrogen) atoms. The van der Waals surface area contributed by atoms with Crippen molar-refractivity contribution in [3.05, 3.63) is 12.7 Å². The average Bonchev–Trinajstić information content (AvgIpc) is 1.35. The first kappa shape index (κ1) is 5.59. The van der Waals surface area contributed by atoms with E-state index in [1.54, 1.807) is 0 Å². The van der Waals surface area contributed by atoms with Gasteiger partial charge < -0.3 is 0 Å². The maximum Gasteiger partial charge on any atom is 0.0745 e. The Morgan fingerprint density at radius 1 is 2.00 bits per heavy atom. The van der Waals surface area contributed by atoms with Crippen LogP contribution < -0.4 is 0 Å². The molecular formula is C3H6FNO. The summed E-state index contributed by atoms with van der Waals surface area (Å²) in [6.07, 6.45) is 1.25. The lowest BCUT2D eigenvalue weighted by atomic mass is 10.7. The van der Waals surface area contributed by atoms with Gasteiger partial charge in [-0.2, -0.15) is 0 Å². The molecule has 0 aliphatic carbocycles. The van der Waals surface area contributed by atoms with Crippen molar-refractivity contribution < 1.29 is 9.69 Å². The number of rotatable bonds is 2. The maximum absolute atomic E-state index is 11.0. The smallest absolute Gasteiger partial charge is 0.0745 e. The lowest BCUT2D eigenvalue weighted by Crippen LogP contribution is -2.04. The van der Waals surface area contributed by atoms with Gasteiger partial charge in [0.25, 0.3) is 0 Å². The molecule has 0 aliphatic heterocycles. The van der Waals surface area contributed by atoms with E-state index >= 15 is 0 Å². The summed E-state index contributed by atoms with van der Waals surface area (Å²) in [5.74, 6) is 0. The summed E-state index contributed by atoms with van der Waals surface area (Å²) >= 11 is 0. The van der Waals surface area contributed by atoms with Gasteiger partial charge in [-0.15, -0.1) is 11.1 Å². The average molecular weight is 91.1 g/mol. The van der Waals surface area contributed by atoms with E-state index in [4.69, 9.17) is 5.21 Å². The molecule has 0 fully saturated rings. The summed E-state index contributed by atoms with van der Waals surface area (Å²) in [6.45, 7) is 3.02. The second-order valence-corrected chi connectivity index (χ2v) is 0.808. The van der Waals surface area contributed by atoms with Crippen molar-refractivity contribution in [3.63, 3.8) is 0 Å². The van der Waals surface area contributed by atoms with Gasteiger partial charge >= 0.3 is 0 Å². The normalized spacial score (nSPS) is 9.17. The van der Waals surface area contributed by atoms with Crippen LogP contribution in [0, 0.1) is 0 Å². The van der Waals surface area contributed by atoms with Gasteiger partial charge in [-0.05, 0) is 5.29 Å². The molecule has 0 aromatic heterocycles. The standard InChI is InChI=1S/C3H6FNO/c1-2-3-5(4)6/h2,6H,1,3H2. The maximum atomic E-state index is 11.0. The molecule has 0 aromatic carbocycles. The van der Waals surface area contributed by atoms with Crippen molar-refractivity contribution in [2.75, 3.05) is 6.54 Å². The summed E-state index contributed by atoms with van der Waals surface area (Å²) < 4.78 is 11.0. The largest absolute Gasteiger partial charge is 0.285 e. The minimum Gasteiger partial charge on any atom is -0.285 e. The first-order valence-corrected chi connectivity index (χ1v) is 1.50. The van der Waals surface area contributed by atoms with Crippen LogP contribution in [0.4, 0.5) is 4.48 Å². The molecule has 1 N–H and O–H groups in total. The van der Waals surface area contributed by atoms with Gasteiger partial charge in [0.1, 0.15) is 0 Å². The SMILES string of the molecule is C=CCN(O)F. The Labute approximate surface area is 35.4 Å². The molecule has 0 rings (SSSR count). The monoisotopic (exact) mass is 91.0 g/mol. The van der Waals surface area contributed by atoms with Crippen LogP contribution in [0.3, 0.4) is 0 Å². The van der Waals surface area contributed by atoms with Crippen LogP contribution in [-0.4, -0.2) is 17.0 Å². The van der Waals surface area contributed by atoms with Gasteiger partial charge in [-0.25, -0.2) is 0 Å². The zero-order valence-corrected chi connectivity index (χ0v) is 3.26. The fourth-order valence-corrected chi connectivity index (χ4v) is 0.107. The van der Waals surface area contributed by atoms with E-state index in [1.807, 2.05) is 0 Å².